The lowest BCUT2D eigenvalue weighted by atomic mass is 10.2. The zero-order valence-corrected chi connectivity index (χ0v) is 15.7. The lowest BCUT2D eigenvalue weighted by molar-refractivity contribution is -0.124. The van der Waals surface area contributed by atoms with Gasteiger partial charge in [-0.15, -0.1) is 0 Å². The first-order valence-corrected chi connectivity index (χ1v) is 9.94. The number of amides is 1. The molecule has 26 heavy (non-hydrogen) atoms. The highest BCUT2D eigenvalue weighted by molar-refractivity contribution is 7.89. The van der Waals surface area contributed by atoms with Gasteiger partial charge in [-0.1, -0.05) is 0 Å². The Hall–Kier alpha value is -1.97. The molecule has 0 aromatic heterocycles. The monoisotopic (exact) mass is 384 g/mol. The van der Waals surface area contributed by atoms with E-state index in [1.807, 2.05) is 0 Å². The predicted molar refractivity (Wildman–Crippen MR) is 94.2 cm³/mol. The summed E-state index contributed by atoms with van der Waals surface area (Å²) in [6, 6.07) is 5.30. The minimum absolute atomic E-state index is 0.0459. The van der Waals surface area contributed by atoms with Gasteiger partial charge in [0.2, 0.25) is 10.0 Å². The molecule has 8 nitrogen and oxygen atoms in total. The van der Waals surface area contributed by atoms with Gasteiger partial charge in [0.1, 0.15) is 0 Å². The van der Waals surface area contributed by atoms with Gasteiger partial charge < -0.3 is 14.8 Å². The van der Waals surface area contributed by atoms with Crippen molar-refractivity contribution in [1.82, 2.24) is 10.0 Å². The zero-order valence-electron chi connectivity index (χ0n) is 14.9. The van der Waals surface area contributed by atoms with Gasteiger partial charge in [0.25, 0.3) is 5.91 Å². The van der Waals surface area contributed by atoms with E-state index in [0.29, 0.717) is 6.61 Å². The molecule has 0 bridgehead atoms. The van der Waals surface area contributed by atoms with Crippen LogP contribution in [0.4, 0.5) is 0 Å². The fraction of sp³-hybridized carbons (Fsp3) is 0.529. The molecule has 1 amide bonds. The Morgan fingerprint density at radius 1 is 1.27 bits per heavy atom. The number of esters is 1. The number of carbonyl (C=O) groups excluding carboxylic acids is 2. The average molecular weight is 384 g/mol. The van der Waals surface area contributed by atoms with Crippen LogP contribution >= 0.6 is 0 Å². The lowest BCUT2D eigenvalue weighted by Gasteiger charge is -2.12. The highest BCUT2D eigenvalue weighted by atomic mass is 32.2. The van der Waals surface area contributed by atoms with Crippen molar-refractivity contribution in [3.8, 4) is 0 Å². The standard InChI is InChI=1S/C17H24N2O6S/c1-12(2)19-16(20)11-25-17(21)13-5-7-15(8-6-13)26(22,23)18-10-14-4-3-9-24-14/h5-8,12,14,18H,3-4,9-11H2,1-2H3,(H,19,20)/t14-/m0/s1. The Balaban J connectivity index is 1.89. The molecule has 1 aromatic rings. The van der Waals surface area contributed by atoms with Crippen molar-refractivity contribution in [2.45, 2.75) is 43.7 Å². The molecule has 2 N–H and O–H groups in total. The summed E-state index contributed by atoms with van der Waals surface area (Å²) < 4.78 is 37.3. The van der Waals surface area contributed by atoms with E-state index >= 15 is 0 Å². The molecule has 1 aromatic carbocycles. The van der Waals surface area contributed by atoms with E-state index in [0.717, 1.165) is 12.8 Å². The van der Waals surface area contributed by atoms with E-state index in [4.69, 9.17) is 9.47 Å². The van der Waals surface area contributed by atoms with Gasteiger partial charge in [0, 0.05) is 19.2 Å². The predicted octanol–water partition coefficient (Wildman–Crippen LogP) is 0.825. The van der Waals surface area contributed by atoms with Crippen LogP contribution in [0.3, 0.4) is 0 Å². The molecule has 0 saturated carbocycles. The first-order chi connectivity index (χ1) is 12.3. The first kappa shape index (κ1) is 20.3. The number of carbonyl (C=O) groups is 2. The molecule has 1 saturated heterocycles. The van der Waals surface area contributed by atoms with Gasteiger partial charge in [-0.2, -0.15) is 0 Å². The van der Waals surface area contributed by atoms with Crippen LogP contribution in [0, 0.1) is 0 Å². The highest BCUT2D eigenvalue weighted by Gasteiger charge is 2.20. The second kappa shape index (κ2) is 9.11. The van der Waals surface area contributed by atoms with E-state index in [1.165, 1.54) is 24.3 Å². The van der Waals surface area contributed by atoms with E-state index in [2.05, 4.69) is 10.0 Å². The number of hydrogen-bond donors (Lipinski definition) is 2. The van der Waals surface area contributed by atoms with Crippen molar-refractivity contribution in [3.05, 3.63) is 29.8 Å². The number of benzene rings is 1. The molecule has 1 aliphatic rings. The van der Waals surface area contributed by atoms with E-state index < -0.39 is 21.9 Å². The Kier molecular flexibility index (Phi) is 7.13. The molecule has 144 valence electrons. The summed E-state index contributed by atoms with van der Waals surface area (Å²) in [6.45, 7) is 4.08. The summed E-state index contributed by atoms with van der Waals surface area (Å²) in [5, 5.41) is 2.60. The fourth-order valence-electron chi connectivity index (χ4n) is 2.44. The van der Waals surface area contributed by atoms with Gasteiger partial charge in [-0.05, 0) is 51.0 Å². The van der Waals surface area contributed by atoms with Crippen molar-refractivity contribution >= 4 is 21.9 Å². The van der Waals surface area contributed by atoms with Crippen LogP contribution in [-0.4, -0.2) is 52.2 Å². The largest absolute Gasteiger partial charge is 0.452 e. The molecule has 0 aliphatic carbocycles. The molecule has 1 atom stereocenters. The van der Waals surface area contributed by atoms with Gasteiger partial charge in [0.15, 0.2) is 6.61 Å². The second-order valence-electron chi connectivity index (χ2n) is 6.31. The lowest BCUT2D eigenvalue weighted by Crippen LogP contribution is -2.34. The minimum atomic E-state index is -3.68. The van der Waals surface area contributed by atoms with E-state index in [9.17, 15) is 18.0 Å². The molecule has 2 rings (SSSR count). The van der Waals surface area contributed by atoms with Gasteiger partial charge in [-0.25, -0.2) is 17.9 Å². The van der Waals surface area contributed by atoms with Crippen molar-refractivity contribution in [2.24, 2.45) is 0 Å². The van der Waals surface area contributed by atoms with Crippen molar-refractivity contribution in [1.29, 1.82) is 0 Å². The maximum absolute atomic E-state index is 12.3. The zero-order chi connectivity index (χ0) is 19.2. The average Bonchev–Trinajstić information content (AvgIpc) is 3.11. The maximum atomic E-state index is 12.3. The Morgan fingerprint density at radius 3 is 2.54 bits per heavy atom. The van der Waals surface area contributed by atoms with Crippen LogP contribution in [0.2, 0.25) is 0 Å². The first-order valence-electron chi connectivity index (χ1n) is 8.46. The number of hydrogen-bond acceptors (Lipinski definition) is 6. The van der Waals surface area contributed by atoms with Crippen LogP contribution in [0.5, 0.6) is 0 Å². The van der Waals surface area contributed by atoms with Crippen LogP contribution < -0.4 is 10.0 Å². The third kappa shape index (κ3) is 6.08. The molecule has 1 heterocycles. The Morgan fingerprint density at radius 2 is 1.96 bits per heavy atom. The molecule has 9 heteroatoms. The third-order valence-electron chi connectivity index (χ3n) is 3.71. The number of rotatable bonds is 8. The van der Waals surface area contributed by atoms with Crippen LogP contribution in [0.1, 0.15) is 37.0 Å². The normalized spacial score (nSPS) is 17.3. The molecule has 1 fully saturated rings. The highest BCUT2D eigenvalue weighted by Crippen LogP contribution is 2.14. The second-order valence-corrected chi connectivity index (χ2v) is 8.08. The number of nitrogens with one attached hydrogen (secondary N) is 2. The number of ether oxygens (including phenoxy) is 2. The van der Waals surface area contributed by atoms with E-state index in [-0.39, 0.29) is 35.8 Å². The van der Waals surface area contributed by atoms with Crippen LogP contribution in [-0.2, 0) is 24.3 Å². The number of sulfonamides is 1. The van der Waals surface area contributed by atoms with Crippen molar-refractivity contribution in [2.75, 3.05) is 19.8 Å². The van der Waals surface area contributed by atoms with Crippen LogP contribution in [0.15, 0.2) is 29.2 Å². The summed E-state index contributed by atoms with van der Waals surface area (Å²) in [7, 11) is -3.68. The topological polar surface area (TPSA) is 111 Å². The Bertz CT molecular complexity index is 724. The molecule has 1 aliphatic heterocycles. The van der Waals surface area contributed by atoms with Crippen LogP contribution in [0.25, 0.3) is 0 Å². The van der Waals surface area contributed by atoms with Crippen molar-refractivity contribution < 1.29 is 27.5 Å². The Labute approximate surface area is 153 Å². The van der Waals surface area contributed by atoms with Crippen molar-refractivity contribution in [3.63, 3.8) is 0 Å². The maximum Gasteiger partial charge on any atom is 0.338 e. The van der Waals surface area contributed by atoms with Gasteiger partial charge in [0.05, 0.1) is 16.6 Å². The van der Waals surface area contributed by atoms with E-state index in [1.54, 1.807) is 13.8 Å². The summed E-state index contributed by atoms with van der Waals surface area (Å²) >= 11 is 0. The summed E-state index contributed by atoms with van der Waals surface area (Å²) in [6.07, 6.45) is 1.66. The summed E-state index contributed by atoms with van der Waals surface area (Å²) in [5.41, 5.74) is 0.167. The molecule has 0 spiro atoms. The summed E-state index contributed by atoms with van der Waals surface area (Å²) in [5.74, 6) is -1.09. The van der Waals surface area contributed by atoms with Gasteiger partial charge >= 0.3 is 5.97 Å². The SMILES string of the molecule is CC(C)NC(=O)COC(=O)c1ccc(S(=O)(=O)NC[C@@H]2CCCO2)cc1. The third-order valence-corrected chi connectivity index (χ3v) is 5.15. The molecular weight excluding hydrogens is 360 g/mol. The minimum Gasteiger partial charge on any atom is -0.452 e. The quantitative estimate of drug-likeness (QED) is 0.642. The van der Waals surface area contributed by atoms with Gasteiger partial charge in [-0.3, -0.25) is 4.79 Å². The summed E-state index contributed by atoms with van der Waals surface area (Å²) in [4.78, 5) is 23.4. The molecular formula is C17H24N2O6S. The fourth-order valence-corrected chi connectivity index (χ4v) is 3.51. The molecule has 0 unspecified atom stereocenters. The smallest absolute Gasteiger partial charge is 0.338 e. The molecule has 0 radical (unpaired) electrons.